The Balaban J connectivity index is 3.11. The molecule has 0 spiro atoms. The Morgan fingerprint density at radius 2 is 0.741 bits per heavy atom. The molecule has 4 N–H and O–H groups in total. The van der Waals surface area contributed by atoms with Gasteiger partial charge in [0, 0.05) is 18.7 Å². The van der Waals surface area contributed by atoms with Crippen LogP contribution in [0.4, 0.5) is 0 Å². The molecule has 58 heavy (non-hydrogen) atoms. The third-order valence-electron chi connectivity index (χ3n) is 11.1. The van der Waals surface area contributed by atoms with Gasteiger partial charge in [0.05, 0.1) is 45.2 Å². The highest BCUT2D eigenvalue weighted by atomic mass is 16.5. The average Bonchev–Trinajstić information content (AvgIpc) is 3.23. The van der Waals surface area contributed by atoms with Crippen LogP contribution in [0.25, 0.3) is 0 Å². The molecule has 1 rings (SSSR count). The van der Waals surface area contributed by atoms with Gasteiger partial charge in [0.1, 0.15) is 0 Å². The summed E-state index contributed by atoms with van der Waals surface area (Å²) in [5, 5.41) is 39.7. The van der Waals surface area contributed by atoms with Crippen LogP contribution < -0.4 is 14.2 Å². The maximum Gasteiger partial charge on any atom is 0.254 e. The van der Waals surface area contributed by atoms with E-state index in [1.807, 2.05) is 0 Å². The van der Waals surface area contributed by atoms with Gasteiger partial charge in [0.2, 0.25) is 5.75 Å². The van der Waals surface area contributed by atoms with E-state index in [9.17, 15) is 25.2 Å². The summed E-state index contributed by atoms with van der Waals surface area (Å²) >= 11 is 0. The van der Waals surface area contributed by atoms with Crippen molar-refractivity contribution < 1.29 is 39.4 Å². The molecule has 0 aliphatic carbocycles. The highest BCUT2D eigenvalue weighted by Crippen LogP contribution is 2.40. The van der Waals surface area contributed by atoms with Gasteiger partial charge in [-0.1, -0.05) is 194 Å². The molecule has 340 valence electrons. The zero-order valence-electron chi connectivity index (χ0n) is 37.8. The lowest BCUT2D eigenvalue weighted by Crippen LogP contribution is -2.43. The number of unbranched alkanes of at least 4 members (excludes halogenated alkanes) is 27. The summed E-state index contributed by atoms with van der Waals surface area (Å²) < 4.78 is 19.3. The Morgan fingerprint density at radius 3 is 1.03 bits per heavy atom. The lowest BCUT2D eigenvalue weighted by molar-refractivity contribution is 0.0209. The van der Waals surface area contributed by atoms with Crippen LogP contribution in [0.3, 0.4) is 0 Å². The fourth-order valence-electron chi connectivity index (χ4n) is 7.41. The number of aliphatic hydroxyl groups is 4. The number of amides is 1. The summed E-state index contributed by atoms with van der Waals surface area (Å²) in [4.78, 5) is 15.3. The number of aliphatic hydroxyl groups excluding tert-OH is 4. The molecular formula is C49H91NO8. The molecule has 0 aromatic heterocycles. The van der Waals surface area contributed by atoms with Gasteiger partial charge in [-0.25, -0.2) is 0 Å². The number of hydrogen-bond acceptors (Lipinski definition) is 8. The maximum absolute atomic E-state index is 14.0. The normalized spacial score (nSPS) is 12.5. The van der Waals surface area contributed by atoms with Crippen molar-refractivity contribution >= 4 is 5.91 Å². The van der Waals surface area contributed by atoms with Gasteiger partial charge in [0.15, 0.2) is 11.5 Å². The minimum absolute atomic E-state index is 0.201. The molecule has 0 aliphatic rings. The standard InChI is InChI=1S/C49H91NO8/c1-4-7-10-13-16-19-22-25-28-31-34-56-46-37-43(49(55)50(39-44(53)41-51)40-45(54)42-52)38-47(57-35-32-29-26-23-20-17-14-11-8-5-2)48(46)58-36-33-30-27-24-21-18-15-12-9-6-3/h37-38,44-45,51-54H,4-36,39-42H2,1-3H3. The van der Waals surface area contributed by atoms with Gasteiger partial charge >= 0.3 is 0 Å². The molecule has 0 bridgehead atoms. The maximum atomic E-state index is 14.0. The molecule has 2 atom stereocenters. The lowest BCUT2D eigenvalue weighted by Gasteiger charge is -2.27. The fraction of sp³-hybridized carbons (Fsp3) is 0.857. The van der Waals surface area contributed by atoms with Crippen LogP contribution in [0.2, 0.25) is 0 Å². The van der Waals surface area contributed by atoms with Gasteiger partial charge < -0.3 is 39.5 Å². The van der Waals surface area contributed by atoms with E-state index in [2.05, 4.69) is 20.8 Å². The second-order valence-corrected chi connectivity index (χ2v) is 16.8. The van der Waals surface area contributed by atoms with Gasteiger partial charge in [0.25, 0.3) is 5.91 Å². The van der Waals surface area contributed by atoms with Crippen molar-refractivity contribution in [3.63, 3.8) is 0 Å². The predicted molar refractivity (Wildman–Crippen MR) is 241 cm³/mol. The van der Waals surface area contributed by atoms with E-state index < -0.39 is 31.3 Å². The second kappa shape index (κ2) is 39.1. The van der Waals surface area contributed by atoms with E-state index in [0.717, 1.165) is 38.5 Å². The lowest BCUT2D eigenvalue weighted by atomic mass is 10.1. The Morgan fingerprint density at radius 1 is 0.466 bits per heavy atom. The monoisotopic (exact) mass is 822 g/mol. The van der Waals surface area contributed by atoms with Crippen LogP contribution in [-0.2, 0) is 0 Å². The van der Waals surface area contributed by atoms with Crippen molar-refractivity contribution in [2.75, 3.05) is 46.1 Å². The molecule has 0 saturated heterocycles. The van der Waals surface area contributed by atoms with Crippen molar-refractivity contribution in [2.24, 2.45) is 0 Å². The van der Waals surface area contributed by atoms with Gasteiger partial charge in [-0.3, -0.25) is 4.79 Å². The minimum atomic E-state index is -1.20. The van der Waals surface area contributed by atoms with Gasteiger partial charge in [-0.15, -0.1) is 0 Å². The van der Waals surface area contributed by atoms with Crippen LogP contribution in [0.5, 0.6) is 17.2 Å². The van der Waals surface area contributed by atoms with E-state index in [1.165, 1.54) is 159 Å². The summed E-state index contributed by atoms with van der Waals surface area (Å²) in [6, 6.07) is 3.37. The first-order chi connectivity index (χ1) is 28.4. The third-order valence-corrected chi connectivity index (χ3v) is 11.1. The molecule has 1 aromatic carbocycles. The molecule has 9 heteroatoms. The SMILES string of the molecule is CCCCCCCCCCCCOc1cc(C(=O)N(CC(O)CO)CC(O)CO)cc(OCCCCCCCCCCCC)c1OCCCCCCCCCCCC. The number of rotatable bonds is 43. The van der Waals surface area contributed by atoms with E-state index in [-0.39, 0.29) is 18.7 Å². The summed E-state index contributed by atoms with van der Waals surface area (Å²) in [7, 11) is 0. The average molecular weight is 822 g/mol. The summed E-state index contributed by atoms with van der Waals surface area (Å²) in [5.74, 6) is 0.965. The zero-order valence-corrected chi connectivity index (χ0v) is 37.8. The molecule has 0 aliphatic heterocycles. The molecule has 2 unspecified atom stereocenters. The number of ether oxygens (including phenoxy) is 3. The first kappa shape index (κ1) is 53.9. The Kier molecular flexibility index (Phi) is 36.4. The fourth-order valence-corrected chi connectivity index (χ4v) is 7.41. The first-order valence-electron chi connectivity index (χ1n) is 24.3. The summed E-state index contributed by atoms with van der Waals surface area (Å²) in [6.45, 7) is 6.77. The Hall–Kier alpha value is -2.07. The summed E-state index contributed by atoms with van der Waals surface area (Å²) in [6.07, 6.45) is 34.3. The molecule has 9 nitrogen and oxygen atoms in total. The number of carbonyl (C=O) groups is 1. The van der Waals surface area contributed by atoms with Crippen molar-refractivity contribution in [1.82, 2.24) is 4.90 Å². The van der Waals surface area contributed by atoms with Crippen molar-refractivity contribution in [2.45, 2.75) is 226 Å². The quantitative estimate of drug-likeness (QED) is 0.0479. The molecule has 0 heterocycles. The number of hydrogen-bond donors (Lipinski definition) is 4. The largest absolute Gasteiger partial charge is 0.490 e. The van der Waals surface area contributed by atoms with Crippen LogP contribution >= 0.6 is 0 Å². The smallest absolute Gasteiger partial charge is 0.254 e. The first-order valence-corrected chi connectivity index (χ1v) is 24.3. The van der Waals surface area contributed by atoms with E-state index in [1.54, 1.807) is 12.1 Å². The highest BCUT2D eigenvalue weighted by molar-refractivity contribution is 5.95. The molecule has 1 aromatic rings. The van der Waals surface area contributed by atoms with E-state index >= 15 is 0 Å². The number of benzene rings is 1. The Labute approximate surface area is 356 Å². The minimum Gasteiger partial charge on any atom is -0.490 e. The Bertz CT molecular complexity index is 1010. The number of nitrogens with zero attached hydrogens (tertiary/aromatic N) is 1. The third kappa shape index (κ3) is 28.4. The summed E-state index contributed by atoms with van der Waals surface area (Å²) in [5.41, 5.74) is 0.276. The van der Waals surface area contributed by atoms with E-state index in [4.69, 9.17) is 14.2 Å². The highest BCUT2D eigenvalue weighted by Gasteiger charge is 2.25. The van der Waals surface area contributed by atoms with Gasteiger partial charge in [-0.2, -0.15) is 0 Å². The van der Waals surface area contributed by atoms with E-state index in [0.29, 0.717) is 37.1 Å². The molecular weight excluding hydrogens is 731 g/mol. The van der Waals surface area contributed by atoms with Crippen LogP contribution in [-0.4, -0.2) is 89.6 Å². The molecule has 0 fully saturated rings. The second-order valence-electron chi connectivity index (χ2n) is 16.8. The van der Waals surface area contributed by atoms with Gasteiger partial charge in [-0.05, 0) is 31.4 Å². The van der Waals surface area contributed by atoms with Crippen molar-refractivity contribution in [3.05, 3.63) is 17.7 Å². The molecule has 0 saturated carbocycles. The molecule has 1 amide bonds. The van der Waals surface area contributed by atoms with Crippen molar-refractivity contribution in [1.29, 1.82) is 0 Å². The molecule has 0 radical (unpaired) electrons. The number of carbonyl (C=O) groups excluding carboxylic acids is 1. The van der Waals surface area contributed by atoms with Crippen LogP contribution in [0.1, 0.15) is 224 Å². The van der Waals surface area contributed by atoms with Crippen molar-refractivity contribution in [3.8, 4) is 17.2 Å². The van der Waals surface area contributed by atoms with Crippen LogP contribution in [0.15, 0.2) is 12.1 Å². The topological polar surface area (TPSA) is 129 Å². The zero-order chi connectivity index (χ0) is 42.3. The van der Waals surface area contributed by atoms with Crippen LogP contribution in [0, 0.1) is 0 Å². The predicted octanol–water partition coefficient (Wildman–Crippen LogP) is 11.7.